The molecule has 24 heavy (non-hydrogen) atoms. The molecule has 0 aliphatic heterocycles. The van der Waals surface area contributed by atoms with Crippen molar-refractivity contribution in [2.45, 2.75) is 34.6 Å². The van der Waals surface area contributed by atoms with Gasteiger partial charge in [0.2, 0.25) is 0 Å². The number of ether oxygens (including phenoxy) is 1. The topological polar surface area (TPSA) is 33.3 Å². The van der Waals surface area contributed by atoms with Crippen molar-refractivity contribution in [1.82, 2.24) is 0 Å². The van der Waals surface area contributed by atoms with Crippen LogP contribution in [-0.4, -0.2) is 19.7 Å². The monoisotopic (exact) mass is 326 g/mol. The van der Waals surface area contributed by atoms with Gasteiger partial charge in [0.15, 0.2) is 0 Å². The maximum atomic E-state index is 5.77. The Morgan fingerprint density at radius 2 is 1.58 bits per heavy atom. The fourth-order valence-electron chi connectivity index (χ4n) is 2.81. The average Bonchev–Trinajstić information content (AvgIpc) is 2.51. The van der Waals surface area contributed by atoms with E-state index in [2.05, 4.69) is 69.5 Å². The molecule has 0 amide bonds. The van der Waals surface area contributed by atoms with E-state index in [9.17, 15) is 0 Å². The molecule has 0 spiro atoms. The summed E-state index contributed by atoms with van der Waals surface area (Å²) >= 11 is 0. The van der Waals surface area contributed by atoms with Crippen LogP contribution < -0.4 is 15.4 Å². The number of rotatable bonds is 8. The van der Waals surface area contributed by atoms with Gasteiger partial charge in [0.25, 0.3) is 0 Å². The normalized spacial score (nSPS) is 10.8. The molecule has 2 N–H and O–H groups in total. The van der Waals surface area contributed by atoms with Gasteiger partial charge in [-0.05, 0) is 49.9 Å². The standard InChI is InChI=1S/C21H30N2O/c1-15(2)14-24-20-8-6-7-19(13-20)22-9-10-23-21-17(4)11-16(3)12-18(21)5/h6-8,11-13,15,22-23H,9-10,14H2,1-5H3. The molecule has 0 radical (unpaired) electrons. The minimum absolute atomic E-state index is 0.534. The Kier molecular flexibility index (Phi) is 6.53. The molecule has 0 saturated heterocycles. The minimum atomic E-state index is 0.534. The summed E-state index contributed by atoms with van der Waals surface area (Å²) in [4.78, 5) is 0. The quantitative estimate of drug-likeness (QED) is 0.657. The average molecular weight is 326 g/mol. The first kappa shape index (κ1) is 18.2. The van der Waals surface area contributed by atoms with Crippen LogP contribution in [0.25, 0.3) is 0 Å². The molecule has 0 atom stereocenters. The third-order valence-electron chi connectivity index (χ3n) is 3.85. The van der Waals surface area contributed by atoms with Gasteiger partial charge in [-0.15, -0.1) is 0 Å². The predicted molar refractivity (Wildman–Crippen MR) is 104 cm³/mol. The van der Waals surface area contributed by atoms with E-state index in [4.69, 9.17) is 4.74 Å². The number of nitrogens with one attached hydrogen (secondary N) is 2. The molecule has 3 heteroatoms. The molecule has 3 nitrogen and oxygen atoms in total. The molecule has 0 unspecified atom stereocenters. The molecule has 0 saturated carbocycles. The highest BCUT2D eigenvalue weighted by Gasteiger charge is 2.03. The van der Waals surface area contributed by atoms with Crippen molar-refractivity contribution in [2.24, 2.45) is 5.92 Å². The molecule has 2 aromatic rings. The van der Waals surface area contributed by atoms with Crippen molar-refractivity contribution < 1.29 is 4.74 Å². The Hall–Kier alpha value is -2.16. The molecular weight excluding hydrogens is 296 g/mol. The molecule has 0 bridgehead atoms. The number of benzene rings is 2. The van der Waals surface area contributed by atoms with Crippen LogP contribution in [0, 0.1) is 26.7 Å². The summed E-state index contributed by atoms with van der Waals surface area (Å²) in [6.45, 7) is 13.3. The Labute approximate surface area is 146 Å². The summed E-state index contributed by atoms with van der Waals surface area (Å²) in [6, 6.07) is 12.6. The van der Waals surface area contributed by atoms with Gasteiger partial charge in [0, 0.05) is 30.5 Å². The summed E-state index contributed by atoms with van der Waals surface area (Å²) in [7, 11) is 0. The smallest absolute Gasteiger partial charge is 0.121 e. The van der Waals surface area contributed by atoms with Crippen molar-refractivity contribution >= 4 is 11.4 Å². The maximum absolute atomic E-state index is 5.77. The van der Waals surface area contributed by atoms with Crippen LogP contribution in [0.5, 0.6) is 5.75 Å². The third-order valence-corrected chi connectivity index (χ3v) is 3.85. The Balaban J connectivity index is 1.83. The Bertz CT molecular complexity index is 642. The van der Waals surface area contributed by atoms with Crippen molar-refractivity contribution in [2.75, 3.05) is 30.3 Å². The lowest BCUT2D eigenvalue weighted by atomic mass is 10.1. The SMILES string of the molecule is Cc1cc(C)c(NCCNc2cccc(OCC(C)C)c2)c(C)c1. The summed E-state index contributed by atoms with van der Waals surface area (Å²) in [6.07, 6.45) is 0. The van der Waals surface area contributed by atoms with Gasteiger partial charge < -0.3 is 15.4 Å². The number of hydrogen-bond acceptors (Lipinski definition) is 3. The van der Waals surface area contributed by atoms with Crippen molar-refractivity contribution in [3.8, 4) is 5.75 Å². The van der Waals surface area contributed by atoms with Crippen LogP contribution in [-0.2, 0) is 0 Å². The summed E-state index contributed by atoms with van der Waals surface area (Å²) in [5, 5.41) is 6.99. The minimum Gasteiger partial charge on any atom is -0.493 e. The Morgan fingerprint density at radius 3 is 2.25 bits per heavy atom. The van der Waals surface area contributed by atoms with Crippen LogP contribution in [0.1, 0.15) is 30.5 Å². The van der Waals surface area contributed by atoms with Gasteiger partial charge in [-0.1, -0.05) is 37.6 Å². The lowest BCUT2D eigenvalue weighted by Crippen LogP contribution is -2.15. The largest absolute Gasteiger partial charge is 0.493 e. The van der Waals surface area contributed by atoms with E-state index < -0.39 is 0 Å². The number of aryl methyl sites for hydroxylation is 3. The maximum Gasteiger partial charge on any atom is 0.121 e. The van der Waals surface area contributed by atoms with Gasteiger partial charge >= 0.3 is 0 Å². The van der Waals surface area contributed by atoms with Gasteiger partial charge in [-0.25, -0.2) is 0 Å². The second-order valence-corrected chi connectivity index (χ2v) is 6.86. The van der Waals surface area contributed by atoms with E-state index in [1.165, 1.54) is 22.4 Å². The highest BCUT2D eigenvalue weighted by Crippen LogP contribution is 2.22. The first-order valence-electron chi connectivity index (χ1n) is 8.74. The summed E-state index contributed by atoms with van der Waals surface area (Å²) < 4.78 is 5.77. The molecule has 130 valence electrons. The molecule has 0 aliphatic rings. The van der Waals surface area contributed by atoms with Crippen molar-refractivity contribution in [1.29, 1.82) is 0 Å². The van der Waals surface area contributed by atoms with Crippen molar-refractivity contribution in [3.63, 3.8) is 0 Å². The molecule has 0 heterocycles. The zero-order valence-corrected chi connectivity index (χ0v) is 15.6. The molecular formula is C21H30N2O. The van der Waals surface area contributed by atoms with Crippen molar-refractivity contribution in [3.05, 3.63) is 53.1 Å². The van der Waals surface area contributed by atoms with Crippen LogP contribution in [0.3, 0.4) is 0 Å². The van der Waals surface area contributed by atoms with Crippen LogP contribution in [0.2, 0.25) is 0 Å². The highest BCUT2D eigenvalue weighted by molar-refractivity contribution is 5.58. The summed E-state index contributed by atoms with van der Waals surface area (Å²) in [5.41, 5.74) is 6.26. The van der Waals surface area contributed by atoms with Crippen LogP contribution >= 0.6 is 0 Å². The second-order valence-electron chi connectivity index (χ2n) is 6.86. The third kappa shape index (κ3) is 5.48. The lowest BCUT2D eigenvalue weighted by molar-refractivity contribution is 0.271. The van der Waals surface area contributed by atoms with E-state index >= 15 is 0 Å². The van der Waals surface area contributed by atoms with Crippen LogP contribution in [0.4, 0.5) is 11.4 Å². The van der Waals surface area contributed by atoms with Gasteiger partial charge in [-0.3, -0.25) is 0 Å². The van der Waals surface area contributed by atoms with Gasteiger partial charge in [0.05, 0.1) is 6.61 Å². The fraction of sp³-hybridized carbons (Fsp3) is 0.429. The Morgan fingerprint density at radius 1 is 0.917 bits per heavy atom. The van der Waals surface area contributed by atoms with Gasteiger partial charge in [-0.2, -0.15) is 0 Å². The number of anilines is 2. The van der Waals surface area contributed by atoms with E-state index in [-0.39, 0.29) is 0 Å². The molecule has 0 fully saturated rings. The first-order valence-corrected chi connectivity index (χ1v) is 8.74. The van der Waals surface area contributed by atoms with E-state index in [1.54, 1.807) is 0 Å². The van der Waals surface area contributed by atoms with E-state index in [1.807, 2.05) is 12.1 Å². The summed E-state index contributed by atoms with van der Waals surface area (Å²) in [5.74, 6) is 1.46. The predicted octanol–water partition coefficient (Wildman–Crippen LogP) is 5.17. The molecule has 0 aliphatic carbocycles. The zero-order valence-electron chi connectivity index (χ0n) is 15.6. The van der Waals surface area contributed by atoms with E-state index in [0.29, 0.717) is 5.92 Å². The van der Waals surface area contributed by atoms with E-state index in [0.717, 1.165) is 31.1 Å². The van der Waals surface area contributed by atoms with Gasteiger partial charge in [0.1, 0.15) is 5.75 Å². The molecule has 0 aromatic heterocycles. The lowest BCUT2D eigenvalue weighted by Gasteiger charge is -2.15. The molecule has 2 rings (SSSR count). The molecule has 2 aromatic carbocycles. The highest BCUT2D eigenvalue weighted by atomic mass is 16.5. The second kappa shape index (κ2) is 8.62. The zero-order chi connectivity index (χ0) is 17.5. The number of hydrogen-bond donors (Lipinski definition) is 2. The fourth-order valence-corrected chi connectivity index (χ4v) is 2.81. The first-order chi connectivity index (χ1) is 11.5. The van der Waals surface area contributed by atoms with Crippen LogP contribution in [0.15, 0.2) is 36.4 Å².